The van der Waals surface area contributed by atoms with E-state index in [1.807, 2.05) is 18.2 Å². The number of hydrogen-bond donors (Lipinski definition) is 2. The average Bonchev–Trinajstić information content (AvgIpc) is 2.95. The topological polar surface area (TPSA) is 66.0 Å². The highest BCUT2D eigenvalue weighted by atomic mass is 16.4. The van der Waals surface area contributed by atoms with Crippen molar-refractivity contribution >= 4 is 17.0 Å². The number of hydrogen-bond acceptors (Lipinski definition) is 2. The SMILES string of the molecule is O=C(O)c1nc2c(C3CC3)cccc2[nH]1. The Morgan fingerprint density at radius 3 is 2.93 bits per heavy atom. The third-order valence-corrected chi connectivity index (χ3v) is 2.76. The van der Waals surface area contributed by atoms with Crippen molar-refractivity contribution < 1.29 is 9.90 Å². The standard InChI is InChI=1S/C11H10N2O2/c14-11(15)10-12-8-3-1-2-7(6-4-5-6)9(8)13-10/h1-3,6H,4-5H2,(H,12,13)(H,14,15). The van der Waals surface area contributed by atoms with E-state index in [2.05, 4.69) is 9.97 Å². The number of rotatable bonds is 2. The van der Waals surface area contributed by atoms with Gasteiger partial charge < -0.3 is 10.1 Å². The molecule has 1 aromatic carbocycles. The summed E-state index contributed by atoms with van der Waals surface area (Å²) < 4.78 is 0. The van der Waals surface area contributed by atoms with Crippen molar-refractivity contribution in [3.05, 3.63) is 29.6 Å². The number of aromatic carboxylic acids is 1. The van der Waals surface area contributed by atoms with Crippen molar-refractivity contribution in [3.8, 4) is 0 Å². The van der Waals surface area contributed by atoms with Gasteiger partial charge in [0.25, 0.3) is 0 Å². The van der Waals surface area contributed by atoms with Gasteiger partial charge in [0.15, 0.2) is 0 Å². The molecule has 1 aromatic heterocycles. The average molecular weight is 202 g/mol. The molecule has 2 N–H and O–H groups in total. The second-order valence-electron chi connectivity index (χ2n) is 3.91. The number of nitrogens with one attached hydrogen (secondary N) is 1. The molecule has 0 bridgehead atoms. The molecule has 0 unspecified atom stereocenters. The number of fused-ring (bicyclic) bond motifs is 1. The van der Waals surface area contributed by atoms with Crippen LogP contribution in [0, 0.1) is 0 Å². The molecule has 1 saturated carbocycles. The summed E-state index contributed by atoms with van der Waals surface area (Å²) in [5.74, 6) is -0.398. The Balaban J connectivity index is 2.24. The first-order valence-electron chi connectivity index (χ1n) is 4.97. The minimum Gasteiger partial charge on any atom is -0.475 e. The zero-order valence-electron chi connectivity index (χ0n) is 8.03. The molecule has 15 heavy (non-hydrogen) atoms. The molecule has 1 aliphatic carbocycles. The van der Waals surface area contributed by atoms with Crippen molar-refractivity contribution in [1.82, 2.24) is 9.97 Å². The van der Waals surface area contributed by atoms with Crippen molar-refractivity contribution in [2.75, 3.05) is 0 Å². The molecule has 0 spiro atoms. The van der Waals surface area contributed by atoms with E-state index in [-0.39, 0.29) is 5.82 Å². The molecule has 0 atom stereocenters. The van der Waals surface area contributed by atoms with Crippen LogP contribution in [0.5, 0.6) is 0 Å². The summed E-state index contributed by atoms with van der Waals surface area (Å²) in [5.41, 5.74) is 2.81. The van der Waals surface area contributed by atoms with Crippen LogP contribution in [-0.2, 0) is 0 Å². The zero-order chi connectivity index (χ0) is 10.4. The second kappa shape index (κ2) is 2.82. The Kier molecular flexibility index (Phi) is 1.59. The third-order valence-electron chi connectivity index (χ3n) is 2.76. The highest BCUT2D eigenvalue weighted by Crippen LogP contribution is 2.42. The molecule has 2 aromatic rings. The lowest BCUT2D eigenvalue weighted by molar-refractivity contribution is 0.0685. The summed E-state index contributed by atoms with van der Waals surface area (Å²) in [5, 5.41) is 8.84. The van der Waals surface area contributed by atoms with Crippen LogP contribution < -0.4 is 0 Å². The van der Waals surface area contributed by atoms with Gasteiger partial charge in [0.2, 0.25) is 5.82 Å². The summed E-state index contributed by atoms with van der Waals surface area (Å²) in [7, 11) is 0. The third kappa shape index (κ3) is 1.29. The van der Waals surface area contributed by atoms with E-state index < -0.39 is 5.97 Å². The normalized spacial score (nSPS) is 15.7. The number of carbonyl (C=O) groups is 1. The van der Waals surface area contributed by atoms with Crippen molar-refractivity contribution in [2.24, 2.45) is 0 Å². The van der Waals surface area contributed by atoms with Crippen LogP contribution >= 0.6 is 0 Å². The first-order valence-corrected chi connectivity index (χ1v) is 4.97. The van der Waals surface area contributed by atoms with E-state index in [1.54, 1.807) is 0 Å². The van der Waals surface area contributed by atoms with Gasteiger partial charge >= 0.3 is 5.97 Å². The lowest BCUT2D eigenvalue weighted by Crippen LogP contribution is -1.97. The van der Waals surface area contributed by atoms with E-state index in [1.165, 1.54) is 18.4 Å². The van der Waals surface area contributed by atoms with E-state index in [9.17, 15) is 4.79 Å². The van der Waals surface area contributed by atoms with Crippen LogP contribution in [0.1, 0.15) is 34.9 Å². The molecule has 0 radical (unpaired) electrons. The van der Waals surface area contributed by atoms with Crippen LogP contribution in [0.25, 0.3) is 11.0 Å². The maximum atomic E-state index is 10.8. The van der Waals surface area contributed by atoms with Gasteiger partial charge in [-0.05, 0) is 30.4 Å². The Labute approximate surface area is 86.0 Å². The molecule has 76 valence electrons. The van der Waals surface area contributed by atoms with Gasteiger partial charge in [-0.2, -0.15) is 0 Å². The van der Waals surface area contributed by atoms with Gasteiger partial charge in [-0.1, -0.05) is 12.1 Å². The maximum absolute atomic E-state index is 10.8. The van der Waals surface area contributed by atoms with Gasteiger partial charge in [0.05, 0.1) is 11.0 Å². The first-order chi connectivity index (χ1) is 7.25. The first kappa shape index (κ1) is 8.47. The number of aromatic nitrogens is 2. The number of aromatic amines is 1. The van der Waals surface area contributed by atoms with E-state index in [0.717, 1.165) is 11.0 Å². The van der Waals surface area contributed by atoms with E-state index >= 15 is 0 Å². The molecule has 1 aliphatic rings. The molecular formula is C11H10N2O2. The zero-order valence-corrected chi connectivity index (χ0v) is 8.03. The molecule has 1 fully saturated rings. The fourth-order valence-electron chi connectivity index (χ4n) is 1.88. The minimum absolute atomic E-state index is 0.0260. The molecule has 1 heterocycles. The van der Waals surface area contributed by atoms with Crippen LogP contribution in [0.15, 0.2) is 18.2 Å². The molecule has 0 aliphatic heterocycles. The number of para-hydroxylation sites is 1. The molecule has 4 heteroatoms. The Morgan fingerprint density at radius 2 is 2.27 bits per heavy atom. The van der Waals surface area contributed by atoms with Gasteiger partial charge in [-0.15, -0.1) is 0 Å². The second-order valence-corrected chi connectivity index (χ2v) is 3.91. The Bertz CT molecular complexity index is 541. The molecular weight excluding hydrogens is 192 g/mol. The van der Waals surface area contributed by atoms with Crippen LogP contribution in [0.2, 0.25) is 0 Å². The summed E-state index contributed by atoms with van der Waals surface area (Å²) in [6.45, 7) is 0. The molecule has 0 amide bonds. The number of H-pyrrole nitrogens is 1. The van der Waals surface area contributed by atoms with Crippen molar-refractivity contribution in [1.29, 1.82) is 0 Å². The number of imidazole rings is 1. The molecule has 0 saturated heterocycles. The van der Waals surface area contributed by atoms with Gasteiger partial charge in [0, 0.05) is 0 Å². The van der Waals surface area contributed by atoms with Crippen molar-refractivity contribution in [3.63, 3.8) is 0 Å². The summed E-state index contributed by atoms with van der Waals surface area (Å²) >= 11 is 0. The fraction of sp³-hybridized carbons (Fsp3) is 0.273. The summed E-state index contributed by atoms with van der Waals surface area (Å²) in [6, 6.07) is 5.84. The summed E-state index contributed by atoms with van der Waals surface area (Å²) in [6.07, 6.45) is 2.38. The fourth-order valence-corrected chi connectivity index (χ4v) is 1.88. The van der Waals surface area contributed by atoms with Gasteiger partial charge in [-0.3, -0.25) is 0 Å². The number of carboxylic acids is 1. The summed E-state index contributed by atoms with van der Waals surface area (Å²) in [4.78, 5) is 17.7. The van der Waals surface area contributed by atoms with Crippen LogP contribution in [0.4, 0.5) is 0 Å². The minimum atomic E-state index is -1.01. The number of nitrogens with zero attached hydrogens (tertiary/aromatic N) is 1. The predicted octanol–water partition coefficient (Wildman–Crippen LogP) is 2.14. The lowest BCUT2D eigenvalue weighted by Gasteiger charge is -1.97. The predicted molar refractivity (Wildman–Crippen MR) is 55.0 cm³/mol. The quantitative estimate of drug-likeness (QED) is 0.784. The smallest absolute Gasteiger partial charge is 0.371 e. The van der Waals surface area contributed by atoms with Gasteiger partial charge in [0.1, 0.15) is 0 Å². The maximum Gasteiger partial charge on any atom is 0.371 e. The van der Waals surface area contributed by atoms with Crippen LogP contribution in [-0.4, -0.2) is 21.0 Å². The number of benzene rings is 1. The molecule has 4 nitrogen and oxygen atoms in total. The highest BCUT2D eigenvalue weighted by Gasteiger charge is 2.26. The molecule has 3 rings (SSSR count). The number of carboxylic acid groups (broad SMARTS) is 1. The van der Waals surface area contributed by atoms with Gasteiger partial charge in [-0.25, -0.2) is 9.78 Å². The Morgan fingerprint density at radius 1 is 1.47 bits per heavy atom. The largest absolute Gasteiger partial charge is 0.475 e. The van der Waals surface area contributed by atoms with Crippen LogP contribution in [0.3, 0.4) is 0 Å². The highest BCUT2D eigenvalue weighted by molar-refractivity contribution is 5.90. The Hall–Kier alpha value is -1.84. The van der Waals surface area contributed by atoms with Crippen molar-refractivity contribution in [2.45, 2.75) is 18.8 Å². The van der Waals surface area contributed by atoms with E-state index in [0.29, 0.717) is 5.92 Å². The monoisotopic (exact) mass is 202 g/mol. The van der Waals surface area contributed by atoms with E-state index in [4.69, 9.17) is 5.11 Å². The lowest BCUT2D eigenvalue weighted by atomic mass is 10.1.